The second-order valence-electron chi connectivity index (χ2n) is 5.41. The number of halogens is 1. The van der Waals surface area contributed by atoms with Gasteiger partial charge in [0.05, 0.1) is 18.9 Å². The molecular formula is C14H19FN2O7. The van der Waals surface area contributed by atoms with Crippen molar-refractivity contribution in [2.24, 2.45) is 0 Å². The summed E-state index contributed by atoms with van der Waals surface area (Å²) in [6.07, 6.45) is -1.74. The molecule has 1 saturated heterocycles. The van der Waals surface area contributed by atoms with Gasteiger partial charge in [-0.25, -0.2) is 9.36 Å². The van der Waals surface area contributed by atoms with Crippen molar-refractivity contribution in [3.05, 3.63) is 32.9 Å². The predicted octanol–water partition coefficient (Wildman–Crippen LogP) is -0.909. The molecule has 0 amide bonds. The molecule has 134 valence electrons. The Morgan fingerprint density at radius 2 is 2.21 bits per heavy atom. The van der Waals surface area contributed by atoms with Crippen molar-refractivity contribution >= 4 is 5.97 Å². The molecule has 10 heteroatoms. The van der Waals surface area contributed by atoms with Crippen molar-refractivity contribution < 1.29 is 28.9 Å². The zero-order valence-corrected chi connectivity index (χ0v) is 13.1. The Morgan fingerprint density at radius 1 is 1.50 bits per heavy atom. The smallest absolute Gasteiger partial charge is 0.336 e. The van der Waals surface area contributed by atoms with Crippen LogP contribution in [0.1, 0.15) is 32.4 Å². The lowest BCUT2D eigenvalue weighted by Crippen LogP contribution is -2.43. The molecule has 1 fully saturated rings. The van der Waals surface area contributed by atoms with Crippen LogP contribution < -0.4 is 11.2 Å². The molecule has 0 unspecified atom stereocenters. The standard InChI is InChI=1S/C14H19FN2O7/c1-2-3-12(20)23-7-17-13(21)8(15)5-16(14(17)22)11-4-9(19)10(6-18)24-11/h5,9-11,18-19H,2-4,6-7H2,1H3/t9-,10+,11+/m0/s1. The van der Waals surface area contributed by atoms with Gasteiger partial charge in [0.15, 0.2) is 6.73 Å². The van der Waals surface area contributed by atoms with Gasteiger partial charge in [0, 0.05) is 12.8 Å². The monoisotopic (exact) mass is 346 g/mol. The lowest BCUT2D eigenvalue weighted by molar-refractivity contribution is -0.147. The number of rotatable bonds is 6. The first kappa shape index (κ1) is 18.3. The number of carbonyl (C=O) groups is 1. The van der Waals surface area contributed by atoms with E-state index in [4.69, 9.17) is 14.6 Å². The molecule has 3 atom stereocenters. The summed E-state index contributed by atoms with van der Waals surface area (Å²) in [4.78, 5) is 35.5. The Bertz CT molecular complexity index is 714. The van der Waals surface area contributed by atoms with Crippen LogP contribution in [0.15, 0.2) is 15.8 Å². The van der Waals surface area contributed by atoms with Crippen molar-refractivity contribution in [2.45, 2.75) is 51.4 Å². The van der Waals surface area contributed by atoms with Crippen LogP contribution in [-0.2, 0) is 21.0 Å². The molecule has 0 aliphatic carbocycles. The number of hydrogen-bond acceptors (Lipinski definition) is 7. The van der Waals surface area contributed by atoms with E-state index in [2.05, 4.69) is 0 Å². The third-order valence-corrected chi connectivity index (χ3v) is 3.66. The largest absolute Gasteiger partial charge is 0.444 e. The van der Waals surface area contributed by atoms with Gasteiger partial charge >= 0.3 is 11.7 Å². The maximum atomic E-state index is 13.8. The minimum atomic E-state index is -1.23. The Balaban J connectivity index is 2.30. The van der Waals surface area contributed by atoms with Gasteiger partial charge in [-0.05, 0) is 6.42 Å². The number of esters is 1. The summed E-state index contributed by atoms with van der Waals surface area (Å²) in [7, 11) is 0. The average Bonchev–Trinajstić information content (AvgIpc) is 2.92. The summed E-state index contributed by atoms with van der Waals surface area (Å²) in [6.45, 7) is 0.569. The zero-order chi connectivity index (χ0) is 17.9. The molecule has 0 aromatic carbocycles. The van der Waals surface area contributed by atoms with Gasteiger partial charge in [-0.2, -0.15) is 4.39 Å². The quantitative estimate of drug-likeness (QED) is 0.640. The molecule has 2 heterocycles. The Hall–Kier alpha value is -2.04. The highest BCUT2D eigenvalue weighted by atomic mass is 19.1. The molecule has 1 aliphatic rings. The summed E-state index contributed by atoms with van der Waals surface area (Å²) in [5.74, 6) is -1.85. The summed E-state index contributed by atoms with van der Waals surface area (Å²) < 4.78 is 25.1. The predicted molar refractivity (Wildman–Crippen MR) is 77.5 cm³/mol. The molecule has 0 radical (unpaired) electrons. The molecule has 0 saturated carbocycles. The molecule has 1 aliphatic heterocycles. The summed E-state index contributed by atoms with van der Waals surface area (Å²) in [6, 6.07) is 0. The van der Waals surface area contributed by atoms with E-state index in [1.54, 1.807) is 6.92 Å². The maximum absolute atomic E-state index is 13.8. The number of carbonyl (C=O) groups excluding carboxylic acids is 1. The molecule has 2 N–H and O–H groups in total. The number of hydrogen-bond donors (Lipinski definition) is 2. The van der Waals surface area contributed by atoms with Crippen molar-refractivity contribution in [3.63, 3.8) is 0 Å². The first-order chi connectivity index (χ1) is 11.4. The Labute approximate surface area is 135 Å². The molecule has 0 spiro atoms. The topological polar surface area (TPSA) is 120 Å². The van der Waals surface area contributed by atoms with E-state index in [-0.39, 0.29) is 12.8 Å². The van der Waals surface area contributed by atoms with Gasteiger partial charge in [-0.1, -0.05) is 6.92 Å². The number of aliphatic hydroxyl groups excluding tert-OH is 2. The molecule has 1 aromatic heterocycles. The van der Waals surface area contributed by atoms with Gasteiger partial charge in [0.25, 0.3) is 5.56 Å². The van der Waals surface area contributed by atoms with Crippen LogP contribution in [0.3, 0.4) is 0 Å². The third-order valence-electron chi connectivity index (χ3n) is 3.66. The molecule has 24 heavy (non-hydrogen) atoms. The van der Waals surface area contributed by atoms with Crippen molar-refractivity contribution in [1.29, 1.82) is 0 Å². The van der Waals surface area contributed by atoms with Crippen LogP contribution >= 0.6 is 0 Å². The van der Waals surface area contributed by atoms with Crippen LogP contribution in [0.4, 0.5) is 4.39 Å². The van der Waals surface area contributed by atoms with Crippen LogP contribution in [0.2, 0.25) is 0 Å². The van der Waals surface area contributed by atoms with Crippen molar-refractivity contribution in [1.82, 2.24) is 9.13 Å². The van der Waals surface area contributed by atoms with E-state index < -0.39 is 54.8 Å². The van der Waals surface area contributed by atoms with Crippen LogP contribution in [0.5, 0.6) is 0 Å². The highest BCUT2D eigenvalue weighted by Gasteiger charge is 2.35. The fourth-order valence-electron chi connectivity index (χ4n) is 2.37. The normalized spacial score (nSPS) is 23.4. The third kappa shape index (κ3) is 3.71. The average molecular weight is 346 g/mol. The second-order valence-corrected chi connectivity index (χ2v) is 5.41. The van der Waals surface area contributed by atoms with E-state index in [1.165, 1.54) is 0 Å². The van der Waals surface area contributed by atoms with E-state index in [1.807, 2.05) is 0 Å². The van der Waals surface area contributed by atoms with Gasteiger partial charge in [-0.15, -0.1) is 0 Å². The first-order valence-electron chi connectivity index (χ1n) is 7.50. The summed E-state index contributed by atoms with van der Waals surface area (Å²) >= 11 is 0. The summed E-state index contributed by atoms with van der Waals surface area (Å²) in [5, 5.41) is 18.8. The fraction of sp³-hybridized carbons (Fsp3) is 0.643. The number of nitrogens with zero attached hydrogens (tertiary/aromatic N) is 2. The van der Waals surface area contributed by atoms with Crippen LogP contribution in [0.25, 0.3) is 0 Å². The molecule has 0 bridgehead atoms. The highest BCUT2D eigenvalue weighted by molar-refractivity contribution is 5.68. The van der Waals surface area contributed by atoms with Crippen molar-refractivity contribution in [3.8, 4) is 0 Å². The van der Waals surface area contributed by atoms with Gasteiger partial charge < -0.3 is 19.7 Å². The lowest BCUT2D eigenvalue weighted by Gasteiger charge is -2.16. The van der Waals surface area contributed by atoms with E-state index in [0.717, 1.165) is 4.57 Å². The summed E-state index contributed by atoms with van der Waals surface area (Å²) in [5.41, 5.74) is -2.17. The number of aromatic nitrogens is 2. The Morgan fingerprint density at radius 3 is 2.79 bits per heavy atom. The number of ether oxygens (including phenoxy) is 2. The molecular weight excluding hydrogens is 327 g/mol. The Kier molecular flexibility index (Phi) is 5.86. The maximum Gasteiger partial charge on any atom is 0.336 e. The van der Waals surface area contributed by atoms with Gasteiger partial charge in [-0.3, -0.25) is 14.2 Å². The molecule has 9 nitrogen and oxygen atoms in total. The van der Waals surface area contributed by atoms with Crippen LogP contribution in [0, 0.1) is 5.82 Å². The van der Waals surface area contributed by atoms with Crippen LogP contribution in [-0.4, -0.2) is 44.1 Å². The van der Waals surface area contributed by atoms with Gasteiger partial charge in [0.2, 0.25) is 5.82 Å². The lowest BCUT2D eigenvalue weighted by atomic mass is 10.2. The minimum Gasteiger partial charge on any atom is -0.444 e. The number of aliphatic hydroxyl groups is 2. The minimum absolute atomic E-state index is 0.0571. The fourth-order valence-corrected chi connectivity index (χ4v) is 2.37. The highest BCUT2D eigenvalue weighted by Crippen LogP contribution is 2.27. The first-order valence-corrected chi connectivity index (χ1v) is 7.50. The van der Waals surface area contributed by atoms with E-state index in [0.29, 0.717) is 17.2 Å². The zero-order valence-electron chi connectivity index (χ0n) is 13.1. The SMILES string of the molecule is CCCC(=O)OCn1c(=O)c(F)cn([C@H]2C[C@H](O)[C@@H](CO)O2)c1=O. The molecule has 2 rings (SSSR count). The van der Waals surface area contributed by atoms with Gasteiger partial charge in [0.1, 0.15) is 12.3 Å². The van der Waals surface area contributed by atoms with Crippen molar-refractivity contribution in [2.75, 3.05) is 6.61 Å². The van der Waals surface area contributed by atoms with E-state index >= 15 is 0 Å². The molecule has 1 aromatic rings. The second kappa shape index (κ2) is 7.69. The van der Waals surface area contributed by atoms with E-state index in [9.17, 15) is 23.9 Å².